The Morgan fingerprint density at radius 3 is 2.56 bits per heavy atom. The number of carbonyl (C=O) groups excluding carboxylic acids is 2. The molecule has 0 aliphatic heterocycles. The number of amides is 2. The lowest BCUT2D eigenvalue weighted by Crippen LogP contribution is -2.34. The van der Waals surface area contributed by atoms with Crippen molar-refractivity contribution in [3.63, 3.8) is 0 Å². The highest BCUT2D eigenvalue weighted by Crippen LogP contribution is 2.12. The van der Waals surface area contributed by atoms with Crippen LogP contribution in [0.25, 0.3) is 0 Å². The minimum Gasteiger partial charge on any atom is -0.327 e. The first kappa shape index (κ1) is 14.2. The average molecular weight is 248 g/mol. The second-order valence-corrected chi connectivity index (χ2v) is 4.84. The van der Waals surface area contributed by atoms with Gasteiger partial charge in [0.1, 0.15) is 0 Å². The van der Waals surface area contributed by atoms with E-state index in [1.807, 2.05) is 0 Å². The number of nitrogens with zero attached hydrogens (tertiary/aromatic N) is 1. The molecule has 1 rings (SSSR count). The van der Waals surface area contributed by atoms with Crippen LogP contribution >= 0.6 is 0 Å². The molecule has 0 radical (unpaired) electrons. The Hall–Kier alpha value is -1.84. The van der Waals surface area contributed by atoms with E-state index >= 15 is 0 Å². The van der Waals surface area contributed by atoms with E-state index in [9.17, 15) is 9.59 Å². The number of benzene rings is 1. The number of anilines is 1. The predicted molar refractivity (Wildman–Crippen MR) is 72.9 cm³/mol. The minimum absolute atomic E-state index is 0.0124. The quantitative estimate of drug-likeness (QED) is 0.833. The van der Waals surface area contributed by atoms with Gasteiger partial charge in [-0.25, -0.2) is 4.79 Å². The molecule has 0 aliphatic carbocycles. The molecular formula is C14H20N2O2. The van der Waals surface area contributed by atoms with Gasteiger partial charge < -0.3 is 10.2 Å². The van der Waals surface area contributed by atoms with Gasteiger partial charge in [-0.1, -0.05) is 26.0 Å². The van der Waals surface area contributed by atoms with Crippen LogP contribution in [0.4, 0.5) is 10.5 Å². The van der Waals surface area contributed by atoms with Crippen LogP contribution in [0, 0.1) is 5.92 Å². The number of ketones is 1. The topological polar surface area (TPSA) is 49.4 Å². The van der Waals surface area contributed by atoms with Crippen LogP contribution in [0.5, 0.6) is 0 Å². The number of nitrogens with one attached hydrogen (secondary N) is 1. The van der Waals surface area contributed by atoms with Crippen LogP contribution in [-0.4, -0.2) is 30.3 Å². The molecule has 1 N–H and O–H groups in total. The van der Waals surface area contributed by atoms with Gasteiger partial charge in [-0.2, -0.15) is 0 Å². The van der Waals surface area contributed by atoms with E-state index in [-0.39, 0.29) is 11.8 Å². The van der Waals surface area contributed by atoms with E-state index in [2.05, 4.69) is 19.2 Å². The Bertz CT molecular complexity index is 441. The highest BCUT2D eigenvalue weighted by molar-refractivity contribution is 5.96. The third kappa shape index (κ3) is 4.20. The van der Waals surface area contributed by atoms with Crippen molar-refractivity contribution < 1.29 is 9.59 Å². The van der Waals surface area contributed by atoms with E-state index in [4.69, 9.17) is 0 Å². The summed E-state index contributed by atoms with van der Waals surface area (Å²) >= 11 is 0. The molecule has 2 amide bonds. The van der Waals surface area contributed by atoms with Crippen molar-refractivity contribution in [3.8, 4) is 0 Å². The predicted octanol–water partition coefficient (Wildman–Crippen LogP) is 3.01. The Morgan fingerprint density at radius 2 is 2.00 bits per heavy atom. The summed E-state index contributed by atoms with van der Waals surface area (Å²) in [5.41, 5.74) is 1.24. The van der Waals surface area contributed by atoms with Gasteiger partial charge in [-0.3, -0.25) is 4.79 Å². The van der Waals surface area contributed by atoms with Crippen molar-refractivity contribution in [1.82, 2.24) is 4.90 Å². The van der Waals surface area contributed by atoms with Crippen molar-refractivity contribution in [3.05, 3.63) is 29.8 Å². The number of hydrogen-bond acceptors (Lipinski definition) is 2. The van der Waals surface area contributed by atoms with Gasteiger partial charge >= 0.3 is 6.03 Å². The van der Waals surface area contributed by atoms with Crippen LogP contribution in [0.3, 0.4) is 0 Å². The zero-order valence-electron chi connectivity index (χ0n) is 11.4. The van der Waals surface area contributed by atoms with Crippen LogP contribution in [0.15, 0.2) is 24.3 Å². The molecule has 4 nitrogen and oxygen atoms in total. The van der Waals surface area contributed by atoms with Crippen molar-refractivity contribution in [1.29, 1.82) is 0 Å². The first-order valence-corrected chi connectivity index (χ1v) is 6.03. The fraction of sp³-hybridized carbons (Fsp3) is 0.429. The Kier molecular flexibility index (Phi) is 4.89. The van der Waals surface area contributed by atoms with Gasteiger partial charge in [0.2, 0.25) is 0 Å². The summed E-state index contributed by atoms with van der Waals surface area (Å²) in [5, 5.41) is 2.78. The first-order chi connectivity index (χ1) is 8.40. The Balaban J connectivity index is 2.70. The highest BCUT2D eigenvalue weighted by Gasteiger charge is 2.10. The van der Waals surface area contributed by atoms with Crippen molar-refractivity contribution in [2.75, 3.05) is 18.9 Å². The van der Waals surface area contributed by atoms with Crippen LogP contribution < -0.4 is 5.32 Å². The molecule has 1 aromatic carbocycles. The molecule has 0 bridgehead atoms. The molecule has 0 aliphatic rings. The monoisotopic (exact) mass is 248 g/mol. The van der Waals surface area contributed by atoms with Crippen LogP contribution in [0.1, 0.15) is 31.1 Å². The molecular weight excluding hydrogens is 228 g/mol. The fourth-order valence-electron chi connectivity index (χ4n) is 1.67. The molecule has 0 atom stereocenters. The van der Waals surface area contributed by atoms with E-state index in [0.29, 0.717) is 23.7 Å². The van der Waals surface area contributed by atoms with Crippen LogP contribution in [0.2, 0.25) is 0 Å². The number of urea groups is 1. The van der Waals surface area contributed by atoms with Crippen molar-refractivity contribution in [2.24, 2.45) is 5.92 Å². The van der Waals surface area contributed by atoms with E-state index < -0.39 is 0 Å². The zero-order valence-corrected chi connectivity index (χ0v) is 11.4. The average Bonchev–Trinajstić information content (AvgIpc) is 2.28. The molecule has 0 aromatic heterocycles. The molecule has 0 heterocycles. The van der Waals surface area contributed by atoms with Crippen molar-refractivity contribution in [2.45, 2.75) is 20.8 Å². The number of hydrogen-bond donors (Lipinski definition) is 1. The zero-order chi connectivity index (χ0) is 13.7. The Labute approximate surface area is 108 Å². The summed E-state index contributed by atoms with van der Waals surface area (Å²) in [6.45, 7) is 6.31. The van der Waals surface area contributed by atoms with Gasteiger partial charge in [0, 0.05) is 24.8 Å². The third-order valence-electron chi connectivity index (χ3n) is 2.51. The molecule has 1 aromatic rings. The van der Waals surface area contributed by atoms with E-state index in [1.165, 1.54) is 6.92 Å². The maximum absolute atomic E-state index is 11.9. The van der Waals surface area contributed by atoms with Crippen molar-refractivity contribution >= 4 is 17.5 Å². The second-order valence-electron chi connectivity index (χ2n) is 4.84. The van der Waals surface area contributed by atoms with E-state index in [0.717, 1.165) is 0 Å². The molecule has 0 spiro atoms. The molecule has 0 saturated carbocycles. The van der Waals surface area contributed by atoms with Gasteiger partial charge in [0.15, 0.2) is 5.78 Å². The standard InChI is InChI=1S/C14H20N2O2/c1-10(2)9-16(4)14(18)15-13-7-5-6-12(8-13)11(3)17/h5-8,10H,9H2,1-4H3,(H,15,18). The Morgan fingerprint density at radius 1 is 1.33 bits per heavy atom. The summed E-state index contributed by atoms with van der Waals surface area (Å²) in [6, 6.07) is 6.78. The lowest BCUT2D eigenvalue weighted by atomic mass is 10.1. The van der Waals surface area contributed by atoms with Gasteiger partial charge in [-0.05, 0) is 25.0 Å². The third-order valence-corrected chi connectivity index (χ3v) is 2.51. The number of rotatable bonds is 4. The molecule has 4 heteroatoms. The fourth-order valence-corrected chi connectivity index (χ4v) is 1.67. The number of carbonyl (C=O) groups is 2. The smallest absolute Gasteiger partial charge is 0.321 e. The summed E-state index contributed by atoms with van der Waals surface area (Å²) in [5.74, 6) is 0.408. The lowest BCUT2D eigenvalue weighted by molar-refractivity contribution is 0.101. The molecule has 0 saturated heterocycles. The molecule has 0 unspecified atom stereocenters. The summed E-state index contributed by atoms with van der Waals surface area (Å²) in [6.07, 6.45) is 0. The molecule has 18 heavy (non-hydrogen) atoms. The normalized spacial score (nSPS) is 10.3. The maximum Gasteiger partial charge on any atom is 0.321 e. The van der Waals surface area contributed by atoms with Crippen LogP contribution in [-0.2, 0) is 0 Å². The van der Waals surface area contributed by atoms with Gasteiger partial charge in [0.25, 0.3) is 0 Å². The second kappa shape index (κ2) is 6.19. The highest BCUT2D eigenvalue weighted by atomic mass is 16.2. The van der Waals surface area contributed by atoms with E-state index in [1.54, 1.807) is 36.2 Å². The first-order valence-electron chi connectivity index (χ1n) is 6.03. The lowest BCUT2D eigenvalue weighted by Gasteiger charge is -2.20. The maximum atomic E-state index is 11.9. The van der Waals surface area contributed by atoms with Gasteiger partial charge in [-0.15, -0.1) is 0 Å². The largest absolute Gasteiger partial charge is 0.327 e. The molecule has 98 valence electrons. The summed E-state index contributed by atoms with van der Waals surface area (Å²) in [7, 11) is 1.75. The molecule has 0 fully saturated rings. The summed E-state index contributed by atoms with van der Waals surface area (Å²) in [4.78, 5) is 24.7. The minimum atomic E-state index is -0.163. The number of Topliss-reactive ketones (excluding diaryl/α,β-unsaturated/α-hetero) is 1. The van der Waals surface area contributed by atoms with Gasteiger partial charge in [0.05, 0.1) is 0 Å². The summed E-state index contributed by atoms with van der Waals surface area (Å²) < 4.78 is 0. The SMILES string of the molecule is CC(=O)c1cccc(NC(=O)N(C)CC(C)C)c1.